The third-order valence-corrected chi connectivity index (χ3v) is 7.71. The smallest absolute Gasteiger partial charge is 0.337 e. The van der Waals surface area contributed by atoms with Crippen LogP contribution in [0.4, 0.5) is 15.8 Å². The van der Waals surface area contributed by atoms with Crippen molar-refractivity contribution in [3.63, 3.8) is 0 Å². The Labute approximate surface area is 212 Å². The van der Waals surface area contributed by atoms with E-state index in [4.69, 9.17) is 0 Å². The van der Waals surface area contributed by atoms with Crippen LogP contribution in [0.5, 0.6) is 0 Å². The predicted octanol–water partition coefficient (Wildman–Crippen LogP) is 3.23. The van der Waals surface area contributed by atoms with Crippen molar-refractivity contribution in [3.05, 3.63) is 90.0 Å². The number of pyridine rings is 1. The number of anilines is 2. The van der Waals surface area contributed by atoms with Gasteiger partial charge in [-0.3, -0.25) is 18.7 Å². The molecular weight excluding hydrogens is 555 g/mol. The van der Waals surface area contributed by atoms with Crippen LogP contribution in [-0.2, 0) is 16.9 Å². The topological polar surface area (TPSA) is 112 Å². The molecule has 5 rings (SSSR count). The molecular formula is C24H20BrFN4O5S. The summed E-state index contributed by atoms with van der Waals surface area (Å²) in [6.45, 7) is 0. The van der Waals surface area contributed by atoms with E-state index in [2.05, 4.69) is 21.2 Å². The number of halogens is 2. The Morgan fingerprint density at radius 2 is 1.67 bits per heavy atom. The van der Waals surface area contributed by atoms with Crippen LogP contribution in [0.1, 0.15) is 18.9 Å². The van der Waals surface area contributed by atoms with E-state index in [0.29, 0.717) is 17.3 Å². The summed E-state index contributed by atoms with van der Waals surface area (Å²) < 4.78 is 42.5. The van der Waals surface area contributed by atoms with Crippen molar-refractivity contribution in [2.45, 2.75) is 23.8 Å². The molecule has 4 aromatic rings. The molecule has 1 aliphatic rings. The van der Waals surface area contributed by atoms with Gasteiger partial charge in [0.1, 0.15) is 16.9 Å². The Balaban J connectivity index is 1.87. The summed E-state index contributed by atoms with van der Waals surface area (Å²) in [5.74, 6) is -0.606. The molecule has 0 atom stereocenters. The predicted molar refractivity (Wildman–Crippen MR) is 138 cm³/mol. The number of sulfone groups is 1. The average Bonchev–Trinajstić information content (AvgIpc) is 3.63. The number of hydrogen-bond acceptors (Lipinski definition) is 6. The summed E-state index contributed by atoms with van der Waals surface area (Å²) in [5, 5.41) is 2.87. The van der Waals surface area contributed by atoms with Gasteiger partial charge in [-0.1, -0.05) is 15.9 Å². The third-order valence-electron chi connectivity index (χ3n) is 6.09. The second kappa shape index (κ2) is 8.56. The Morgan fingerprint density at radius 3 is 2.25 bits per heavy atom. The van der Waals surface area contributed by atoms with Crippen molar-refractivity contribution in [3.8, 4) is 5.69 Å². The van der Waals surface area contributed by atoms with Crippen LogP contribution in [0.15, 0.2) is 72.3 Å². The average molecular weight is 575 g/mol. The van der Waals surface area contributed by atoms with Gasteiger partial charge in [0.2, 0.25) is 0 Å². The van der Waals surface area contributed by atoms with Crippen molar-refractivity contribution in [1.29, 1.82) is 0 Å². The van der Waals surface area contributed by atoms with Gasteiger partial charge in [0.05, 0.1) is 22.0 Å². The van der Waals surface area contributed by atoms with Crippen molar-refractivity contribution in [1.82, 2.24) is 13.7 Å². The van der Waals surface area contributed by atoms with Gasteiger partial charge in [-0.15, -0.1) is 0 Å². The van der Waals surface area contributed by atoms with Crippen LogP contribution in [0.25, 0.3) is 16.7 Å². The number of nitrogens with one attached hydrogen (secondary N) is 1. The van der Waals surface area contributed by atoms with Gasteiger partial charge < -0.3 is 5.32 Å². The minimum atomic E-state index is -3.48. The van der Waals surface area contributed by atoms with Crippen LogP contribution in [0, 0.1) is 5.82 Å². The molecule has 9 nitrogen and oxygen atoms in total. The number of aromatic nitrogens is 3. The molecule has 0 spiro atoms. The molecule has 36 heavy (non-hydrogen) atoms. The first-order chi connectivity index (χ1) is 17.0. The summed E-state index contributed by atoms with van der Waals surface area (Å²) in [4.78, 5) is 40.2. The maximum atomic E-state index is 14.6. The zero-order valence-electron chi connectivity index (χ0n) is 19.2. The van der Waals surface area contributed by atoms with Gasteiger partial charge >= 0.3 is 5.69 Å². The van der Waals surface area contributed by atoms with Gasteiger partial charge in [-0.05, 0) is 55.3 Å². The Morgan fingerprint density at radius 1 is 1.00 bits per heavy atom. The fourth-order valence-electron chi connectivity index (χ4n) is 4.13. The summed E-state index contributed by atoms with van der Waals surface area (Å²) in [7, 11) is -2.06. The van der Waals surface area contributed by atoms with E-state index in [1.807, 2.05) is 0 Å². The molecule has 1 N–H and O–H groups in total. The van der Waals surface area contributed by atoms with E-state index >= 15 is 0 Å². The monoisotopic (exact) mass is 574 g/mol. The molecule has 0 saturated heterocycles. The highest BCUT2D eigenvalue weighted by atomic mass is 79.9. The molecule has 1 aliphatic carbocycles. The molecule has 0 aliphatic heterocycles. The molecule has 1 fully saturated rings. The fraction of sp³-hybridized carbons (Fsp3) is 0.208. The van der Waals surface area contributed by atoms with Crippen molar-refractivity contribution in [2.24, 2.45) is 7.05 Å². The second-order valence-electron chi connectivity index (χ2n) is 8.69. The highest BCUT2D eigenvalue weighted by Gasteiger charge is 2.31. The Kier molecular flexibility index (Phi) is 5.75. The Hall–Kier alpha value is -3.51. The summed E-state index contributed by atoms with van der Waals surface area (Å²) in [6.07, 6.45) is 2.35. The second-order valence-corrected chi connectivity index (χ2v) is 11.6. The minimum absolute atomic E-state index is 0.00141. The lowest BCUT2D eigenvalue weighted by Crippen LogP contribution is -2.41. The molecule has 2 heterocycles. The summed E-state index contributed by atoms with van der Waals surface area (Å²) in [5.41, 5.74) is -1.42. The lowest BCUT2D eigenvalue weighted by atomic mass is 10.2. The largest absolute Gasteiger partial charge is 0.352 e. The molecule has 2 aromatic carbocycles. The standard InChI is InChI=1S/C24H20BrFN4O5S/c1-28-20(31)12-19(27-18-10-3-13(25)11-17(18)26)21-22(28)29(24(33)30(23(21)32)15-4-5-15)14-6-8-16(9-7-14)36(2,34)35/h3,6-12,15,27H,4-5H2,1-2H3. The van der Waals surface area contributed by atoms with Crippen LogP contribution in [-0.4, -0.2) is 28.4 Å². The van der Waals surface area contributed by atoms with Gasteiger partial charge in [0, 0.05) is 29.9 Å². The minimum Gasteiger partial charge on any atom is -0.352 e. The van der Waals surface area contributed by atoms with Gasteiger partial charge in [0.15, 0.2) is 9.84 Å². The van der Waals surface area contributed by atoms with Gasteiger partial charge in [-0.25, -0.2) is 22.2 Å². The number of hydrogen-bond donors (Lipinski definition) is 1. The number of benzene rings is 2. The lowest BCUT2D eigenvalue weighted by Gasteiger charge is -2.19. The maximum absolute atomic E-state index is 14.6. The van der Waals surface area contributed by atoms with E-state index in [-0.39, 0.29) is 39.0 Å². The molecule has 0 unspecified atom stereocenters. The Bertz CT molecular complexity index is 1840. The molecule has 0 bridgehead atoms. The molecule has 2 aromatic heterocycles. The van der Waals surface area contributed by atoms with E-state index in [0.717, 1.165) is 10.8 Å². The quantitative estimate of drug-likeness (QED) is 0.391. The van der Waals surface area contributed by atoms with Gasteiger partial charge in [-0.2, -0.15) is 0 Å². The third kappa shape index (κ3) is 4.09. The number of fused-ring (bicyclic) bond motifs is 1. The zero-order chi connectivity index (χ0) is 25.9. The first-order valence-corrected chi connectivity index (χ1v) is 13.6. The zero-order valence-corrected chi connectivity index (χ0v) is 21.6. The van der Waals surface area contributed by atoms with Crippen LogP contribution in [0.2, 0.25) is 0 Å². The molecule has 12 heteroatoms. The highest BCUT2D eigenvalue weighted by molar-refractivity contribution is 9.10. The molecule has 0 radical (unpaired) electrons. The lowest BCUT2D eigenvalue weighted by molar-refractivity contribution is 0.602. The van der Waals surface area contributed by atoms with Crippen molar-refractivity contribution >= 4 is 48.2 Å². The number of aryl methyl sites for hydroxylation is 1. The van der Waals surface area contributed by atoms with E-state index in [9.17, 15) is 27.2 Å². The molecule has 1 saturated carbocycles. The van der Waals surface area contributed by atoms with Gasteiger partial charge in [0.25, 0.3) is 11.1 Å². The molecule has 186 valence electrons. The fourth-order valence-corrected chi connectivity index (χ4v) is 5.09. The van der Waals surface area contributed by atoms with Crippen LogP contribution in [0.3, 0.4) is 0 Å². The van der Waals surface area contributed by atoms with Crippen molar-refractivity contribution < 1.29 is 12.8 Å². The number of nitrogens with zero attached hydrogens (tertiary/aromatic N) is 3. The number of rotatable bonds is 5. The summed E-state index contributed by atoms with van der Waals surface area (Å²) >= 11 is 3.20. The first-order valence-electron chi connectivity index (χ1n) is 10.9. The van der Waals surface area contributed by atoms with E-state index < -0.39 is 32.5 Å². The summed E-state index contributed by atoms with van der Waals surface area (Å²) in [6, 6.07) is 10.8. The highest BCUT2D eigenvalue weighted by Crippen LogP contribution is 2.34. The molecule has 0 amide bonds. The van der Waals surface area contributed by atoms with Crippen LogP contribution < -0.4 is 22.1 Å². The SMILES string of the molecule is Cn1c(=O)cc(Nc2ccc(Br)cc2F)c2c(=O)n(C3CC3)c(=O)n(-c3ccc(S(C)(=O)=O)cc3)c21. The normalized spacial score (nSPS) is 13.8. The maximum Gasteiger partial charge on any atom is 0.337 e. The van der Waals surface area contributed by atoms with Crippen molar-refractivity contribution in [2.75, 3.05) is 11.6 Å². The van der Waals surface area contributed by atoms with Crippen LogP contribution >= 0.6 is 15.9 Å². The first kappa shape index (κ1) is 24.2. The van der Waals surface area contributed by atoms with E-state index in [1.165, 1.54) is 58.6 Å². The van der Waals surface area contributed by atoms with E-state index in [1.54, 1.807) is 6.07 Å².